The molecule has 0 bridgehead atoms. The minimum atomic E-state index is -0.687. The first-order chi connectivity index (χ1) is 16.7. The number of nitrogens with one attached hydrogen (secondary N) is 3. The number of amides is 5. The van der Waals surface area contributed by atoms with Crippen LogP contribution >= 0.6 is 0 Å². The van der Waals surface area contributed by atoms with Gasteiger partial charge in [0.2, 0.25) is 17.7 Å². The maximum absolute atomic E-state index is 12.9. The van der Waals surface area contributed by atoms with Gasteiger partial charge in [0.05, 0.1) is 17.4 Å². The largest absolute Gasteiger partial charge is 0.349 e. The minimum absolute atomic E-state index is 0.0230. The van der Waals surface area contributed by atoms with Gasteiger partial charge in [-0.3, -0.25) is 29.3 Å². The van der Waals surface area contributed by atoms with Gasteiger partial charge in [-0.05, 0) is 49.9 Å². The molecule has 0 spiro atoms. The molecule has 0 saturated carbocycles. The average Bonchev–Trinajstić information content (AvgIpc) is 3.43. The molecule has 2 fully saturated rings. The number of nitrogens with zero attached hydrogens (tertiary/aromatic N) is 4. The van der Waals surface area contributed by atoms with E-state index in [1.54, 1.807) is 18.2 Å². The molecule has 0 radical (unpaired) electrons. The molecule has 3 aliphatic rings. The van der Waals surface area contributed by atoms with Crippen LogP contribution in [0.4, 0.5) is 0 Å². The van der Waals surface area contributed by atoms with Crippen LogP contribution < -0.4 is 16.0 Å². The molecule has 2 atom stereocenters. The fourth-order valence-electron chi connectivity index (χ4n) is 4.80. The Morgan fingerprint density at radius 1 is 1.20 bits per heavy atom. The van der Waals surface area contributed by atoms with E-state index in [0.717, 1.165) is 18.4 Å². The molecular formula is C23H25N7O5. The molecule has 3 aliphatic heterocycles. The first-order valence-electron chi connectivity index (χ1n) is 11.5. The smallest absolute Gasteiger partial charge is 0.273 e. The third-order valence-electron chi connectivity index (χ3n) is 6.71. The predicted octanol–water partition coefficient (Wildman–Crippen LogP) is -0.183. The first-order valence-corrected chi connectivity index (χ1v) is 11.5. The summed E-state index contributed by atoms with van der Waals surface area (Å²) >= 11 is 0. The molecule has 2 unspecified atom stereocenters. The summed E-state index contributed by atoms with van der Waals surface area (Å²) in [5.74, 6) is -1.48. The van der Waals surface area contributed by atoms with Crippen molar-refractivity contribution in [3.8, 4) is 5.69 Å². The van der Waals surface area contributed by atoms with Crippen LogP contribution in [0.2, 0.25) is 0 Å². The zero-order valence-corrected chi connectivity index (χ0v) is 19.2. The van der Waals surface area contributed by atoms with Gasteiger partial charge in [0.15, 0.2) is 5.69 Å². The van der Waals surface area contributed by atoms with E-state index in [2.05, 4.69) is 26.3 Å². The maximum atomic E-state index is 12.9. The standard InChI is InChI=1S/C23H25N7O5/c1-23(8-2-3-19(32)26-23)12-24-20(33)16-11-30(28-27-16)14-4-5-15-13(9-14)10-29(22(15)35)17-6-7-18(31)25-21(17)34/h4-5,9,11,17H,2-3,6-8,10,12H2,1H3,(H,24,33)(H,26,32)(H,25,31,34). The van der Waals surface area contributed by atoms with E-state index < -0.39 is 23.4 Å². The monoisotopic (exact) mass is 479 g/mol. The summed E-state index contributed by atoms with van der Waals surface area (Å²) < 4.78 is 1.44. The summed E-state index contributed by atoms with van der Waals surface area (Å²) in [5.41, 5.74) is 1.44. The van der Waals surface area contributed by atoms with Crippen LogP contribution in [0.5, 0.6) is 0 Å². The van der Waals surface area contributed by atoms with E-state index in [4.69, 9.17) is 0 Å². The number of benzene rings is 1. The molecule has 0 aliphatic carbocycles. The molecule has 35 heavy (non-hydrogen) atoms. The fraction of sp³-hybridized carbons (Fsp3) is 0.435. The molecule has 1 aromatic heterocycles. The highest BCUT2D eigenvalue weighted by Gasteiger charge is 2.39. The number of aromatic nitrogens is 3. The van der Waals surface area contributed by atoms with Crippen LogP contribution in [-0.4, -0.2) is 67.6 Å². The summed E-state index contributed by atoms with van der Waals surface area (Å²) in [6.07, 6.45) is 4.02. The Morgan fingerprint density at radius 3 is 2.80 bits per heavy atom. The van der Waals surface area contributed by atoms with Gasteiger partial charge in [0.1, 0.15) is 6.04 Å². The van der Waals surface area contributed by atoms with Gasteiger partial charge >= 0.3 is 0 Å². The number of carbonyl (C=O) groups is 5. The van der Waals surface area contributed by atoms with Gasteiger partial charge in [-0.25, -0.2) is 4.68 Å². The predicted molar refractivity (Wildman–Crippen MR) is 120 cm³/mol. The Hall–Kier alpha value is -4.09. The number of imide groups is 1. The van der Waals surface area contributed by atoms with E-state index in [0.29, 0.717) is 24.1 Å². The number of hydrogen-bond donors (Lipinski definition) is 3. The molecule has 4 heterocycles. The van der Waals surface area contributed by atoms with Crippen LogP contribution in [0, 0.1) is 0 Å². The summed E-state index contributed by atoms with van der Waals surface area (Å²) in [6, 6.07) is 4.44. The SMILES string of the molecule is CC1(CNC(=O)c2cn(-c3ccc4c(c3)CN(C3CCC(=O)NC3=O)C4=O)nn2)CCCC(=O)N1. The minimum Gasteiger partial charge on any atom is -0.349 e. The lowest BCUT2D eigenvalue weighted by atomic mass is 9.90. The normalized spacial score (nSPS) is 24.1. The highest BCUT2D eigenvalue weighted by Crippen LogP contribution is 2.29. The van der Waals surface area contributed by atoms with Gasteiger partial charge in [-0.15, -0.1) is 5.10 Å². The molecule has 5 amide bonds. The average molecular weight is 479 g/mol. The van der Waals surface area contributed by atoms with Gasteiger partial charge in [-0.1, -0.05) is 5.21 Å². The summed E-state index contributed by atoms with van der Waals surface area (Å²) in [5, 5.41) is 16.0. The van der Waals surface area contributed by atoms with Gasteiger partial charge in [-0.2, -0.15) is 0 Å². The van der Waals surface area contributed by atoms with Crippen molar-refractivity contribution in [1.82, 2.24) is 35.8 Å². The van der Waals surface area contributed by atoms with Gasteiger partial charge in [0, 0.05) is 31.5 Å². The number of rotatable bonds is 5. The maximum Gasteiger partial charge on any atom is 0.273 e. The third-order valence-corrected chi connectivity index (χ3v) is 6.71. The molecule has 3 N–H and O–H groups in total. The van der Waals surface area contributed by atoms with Gasteiger partial charge < -0.3 is 15.5 Å². The Morgan fingerprint density at radius 2 is 2.03 bits per heavy atom. The summed E-state index contributed by atoms with van der Waals surface area (Å²) in [7, 11) is 0. The molecule has 2 aromatic rings. The van der Waals surface area contributed by atoms with Crippen LogP contribution in [0.15, 0.2) is 24.4 Å². The van der Waals surface area contributed by atoms with Crippen molar-refractivity contribution in [3.63, 3.8) is 0 Å². The van der Waals surface area contributed by atoms with E-state index >= 15 is 0 Å². The van der Waals surface area contributed by atoms with E-state index in [9.17, 15) is 24.0 Å². The highest BCUT2D eigenvalue weighted by molar-refractivity contribution is 6.05. The first kappa shape index (κ1) is 22.7. The van der Waals surface area contributed by atoms with E-state index in [1.165, 1.54) is 15.8 Å². The molecule has 5 rings (SSSR count). The Kier molecular flexibility index (Phi) is 5.58. The fourth-order valence-corrected chi connectivity index (χ4v) is 4.80. The summed E-state index contributed by atoms with van der Waals surface area (Å²) in [4.78, 5) is 62.3. The number of fused-ring (bicyclic) bond motifs is 1. The topological polar surface area (TPSA) is 155 Å². The molecule has 182 valence electrons. The second-order valence-corrected chi connectivity index (χ2v) is 9.43. The zero-order chi connectivity index (χ0) is 24.7. The van der Waals surface area contributed by atoms with E-state index in [1.807, 2.05) is 6.92 Å². The highest BCUT2D eigenvalue weighted by atomic mass is 16.2. The van der Waals surface area contributed by atoms with Crippen LogP contribution in [-0.2, 0) is 20.9 Å². The Labute approximate surface area is 200 Å². The van der Waals surface area contributed by atoms with E-state index in [-0.39, 0.29) is 42.9 Å². The third kappa shape index (κ3) is 4.38. The Balaban J connectivity index is 1.27. The van der Waals surface area contributed by atoms with Crippen LogP contribution in [0.1, 0.15) is 65.4 Å². The van der Waals surface area contributed by atoms with Gasteiger partial charge in [0.25, 0.3) is 11.8 Å². The molecule has 1 aromatic carbocycles. The summed E-state index contributed by atoms with van der Waals surface area (Å²) in [6.45, 7) is 2.41. The van der Waals surface area contributed by atoms with Crippen molar-refractivity contribution in [2.24, 2.45) is 0 Å². The molecular weight excluding hydrogens is 454 g/mol. The second kappa shape index (κ2) is 8.60. The van der Waals surface area contributed by atoms with Crippen molar-refractivity contribution < 1.29 is 24.0 Å². The quantitative estimate of drug-likeness (QED) is 0.502. The van der Waals surface area contributed by atoms with Crippen molar-refractivity contribution >= 4 is 29.5 Å². The van der Waals surface area contributed by atoms with Crippen molar-refractivity contribution in [2.45, 2.75) is 57.2 Å². The second-order valence-electron chi connectivity index (χ2n) is 9.43. The number of carbonyl (C=O) groups excluding carboxylic acids is 5. The zero-order valence-electron chi connectivity index (χ0n) is 19.2. The van der Waals surface area contributed by atoms with Crippen molar-refractivity contribution in [1.29, 1.82) is 0 Å². The lowest BCUT2D eigenvalue weighted by molar-refractivity contribution is -0.137. The number of piperidine rings is 2. The lowest BCUT2D eigenvalue weighted by Crippen LogP contribution is -2.55. The molecule has 12 nitrogen and oxygen atoms in total. The van der Waals surface area contributed by atoms with Crippen LogP contribution in [0.3, 0.4) is 0 Å². The van der Waals surface area contributed by atoms with Crippen LogP contribution in [0.25, 0.3) is 5.69 Å². The molecule has 2 saturated heterocycles. The van der Waals surface area contributed by atoms with Crippen molar-refractivity contribution in [3.05, 3.63) is 41.2 Å². The lowest BCUT2D eigenvalue weighted by Gasteiger charge is -2.34. The number of hydrogen-bond acceptors (Lipinski definition) is 7. The Bertz CT molecular complexity index is 1250. The molecule has 12 heteroatoms. The van der Waals surface area contributed by atoms with Crippen molar-refractivity contribution in [2.75, 3.05) is 6.54 Å².